The van der Waals surface area contributed by atoms with E-state index in [1.165, 1.54) is 0 Å². The van der Waals surface area contributed by atoms with Crippen LogP contribution in [0.4, 0.5) is 15.8 Å². The van der Waals surface area contributed by atoms with Crippen LogP contribution in [0.3, 0.4) is 0 Å². The topological polar surface area (TPSA) is 72.6 Å². The van der Waals surface area contributed by atoms with Crippen LogP contribution in [-0.4, -0.2) is 96.9 Å². The van der Waals surface area contributed by atoms with E-state index in [4.69, 9.17) is 21.3 Å². The van der Waals surface area contributed by atoms with E-state index in [9.17, 15) is 0 Å². The molecule has 0 spiro atoms. The molecule has 2 aliphatic rings. The number of rotatable bonds is 8. The van der Waals surface area contributed by atoms with Crippen LogP contribution in [0.25, 0.3) is 22.6 Å². The Kier molecular flexibility index (Phi) is 7.90. The fourth-order valence-electron chi connectivity index (χ4n) is 5.15. The Labute approximate surface area is 216 Å². The zero-order valence-corrected chi connectivity index (χ0v) is 21.8. The SMILES string of the molecule is CCN1CCC(Nc2c(Cl)cnc3[nH]c(-c4ccc(N5CCN(CCOC)CC5)c(F)c4)nc23)CC1. The molecule has 0 atom stereocenters. The number of fused-ring (bicyclic) bond motifs is 1. The zero-order chi connectivity index (χ0) is 25.1. The van der Waals surface area contributed by atoms with E-state index in [0.717, 1.165) is 77.5 Å². The first kappa shape index (κ1) is 25.2. The summed E-state index contributed by atoms with van der Waals surface area (Å²) >= 11 is 6.54. The van der Waals surface area contributed by atoms with E-state index in [2.05, 4.69) is 36.9 Å². The summed E-state index contributed by atoms with van der Waals surface area (Å²) in [6, 6.07) is 5.66. The van der Waals surface area contributed by atoms with Crippen LogP contribution in [0.1, 0.15) is 19.8 Å². The largest absolute Gasteiger partial charge is 0.383 e. The molecule has 36 heavy (non-hydrogen) atoms. The van der Waals surface area contributed by atoms with Crippen molar-refractivity contribution in [2.45, 2.75) is 25.8 Å². The van der Waals surface area contributed by atoms with Gasteiger partial charge in [0.25, 0.3) is 0 Å². The number of aromatic amines is 1. The molecule has 3 aromatic rings. The number of pyridine rings is 1. The monoisotopic (exact) mass is 515 g/mol. The molecule has 10 heteroatoms. The number of nitrogens with zero attached hydrogens (tertiary/aromatic N) is 5. The van der Waals surface area contributed by atoms with Crippen molar-refractivity contribution in [3.63, 3.8) is 0 Å². The van der Waals surface area contributed by atoms with Gasteiger partial charge in [-0.3, -0.25) is 4.90 Å². The summed E-state index contributed by atoms with van der Waals surface area (Å²) in [7, 11) is 1.72. The van der Waals surface area contributed by atoms with Crippen molar-refractivity contribution in [3.8, 4) is 11.4 Å². The molecule has 0 bridgehead atoms. The van der Waals surface area contributed by atoms with Gasteiger partial charge in [0.05, 0.1) is 29.2 Å². The smallest absolute Gasteiger partial charge is 0.159 e. The lowest BCUT2D eigenvalue weighted by Crippen LogP contribution is -2.47. The predicted octanol–water partition coefficient (Wildman–Crippen LogP) is 4.08. The number of methoxy groups -OCH3 is 1. The molecule has 0 unspecified atom stereocenters. The minimum absolute atomic E-state index is 0.245. The Morgan fingerprint density at radius 3 is 2.61 bits per heavy atom. The van der Waals surface area contributed by atoms with E-state index in [1.54, 1.807) is 19.4 Å². The first-order valence-electron chi connectivity index (χ1n) is 12.8. The van der Waals surface area contributed by atoms with Gasteiger partial charge in [0, 0.05) is 64.5 Å². The van der Waals surface area contributed by atoms with Crippen LogP contribution in [-0.2, 0) is 4.74 Å². The molecule has 194 valence electrons. The summed E-state index contributed by atoms with van der Waals surface area (Å²) in [5.41, 5.74) is 3.43. The minimum Gasteiger partial charge on any atom is -0.383 e. The second-order valence-corrected chi connectivity index (χ2v) is 10.0. The van der Waals surface area contributed by atoms with Gasteiger partial charge in [-0.15, -0.1) is 0 Å². The number of nitrogens with one attached hydrogen (secondary N) is 2. The molecular formula is C26H35ClFN7O. The molecule has 2 N–H and O–H groups in total. The van der Waals surface area contributed by atoms with Gasteiger partial charge in [-0.25, -0.2) is 14.4 Å². The standard InChI is InChI=1S/C26H35ClFN7O/c1-3-33-8-6-19(7-9-33)30-23-20(27)17-29-26-24(23)31-25(32-26)18-4-5-22(21(28)16-18)35-12-10-34(11-13-35)14-15-36-2/h4-5,16-17,19H,3,6-15H2,1-2H3,(H2,29,30,31,32). The summed E-state index contributed by atoms with van der Waals surface area (Å²) in [6.45, 7) is 10.4. The number of imidazole rings is 1. The molecule has 2 saturated heterocycles. The normalized spacial score (nSPS) is 18.3. The third kappa shape index (κ3) is 5.44. The van der Waals surface area contributed by atoms with E-state index in [0.29, 0.717) is 39.3 Å². The van der Waals surface area contributed by atoms with Crippen molar-refractivity contribution in [1.29, 1.82) is 0 Å². The number of hydrogen-bond donors (Lipinski definition) is 2. The van der Waals surface area contributed by atoms with Gasteiger partial charge in [-0.05, 0) is 37.6 Å². The average molecular weight is 516 g/mol. The van der Waals surface area contributed by atoms with E-state index >= 15 is 4.39 Å². The zero-order valence-electron chi connectivity index (χ0n) is 21.1. The lowest BCUT2D eigenvalue weighted by Gasteiger charge is -2.36. The molecule has 2 aliphatic heterocycles. The number of halogens is 2. The number of likely N-dealkylation sites (tertiary alicyclic amines) is 1. The lowest BCUT2D eigenvalue weighted by atomic mass is 10.0. The molecule has 0 amide bonds. The first-order chi connectivity index (χ1) is 17.6. The quantitative estimate of drug-likeness (QED) is 0.468. The number of aromatic nitrogens is 3. The highest BCUT2D eigenvalue weighted by atomic mass is 35.5. The van der Waals surface area contributed by atoms with Crippen LogP contribution in [0.2, 0.25) is 5.02 Å². The van der Waals surface area contributed by atoms with Crippen LogP contribution in [0, 0.1) is 5.82 Å². The molecule has 4 heterocycles. The Morgan fingerprint density at radius 2 is 1.92 bits per heavy atom. The van der Waals surface area contributed by atoms with Crippen molar-refractivity contribution in [3.05, 3.63) is 35.2 Å². The molecule has 1 aromatic carbocycles. The van der Waals surface area contributed by atoms with Gasteiger partial charge in [-0.1, -0.05) is 18.5 Å². The number of benzene rings is 1. The van der Waals surface area contributed by atoms with Crippen molar-refractivity contribution >= 4 is 34.1 Å². The third-order valence-corrected chi connectivity index (χ3v) is 7.68. The van der Waals surface area contributed by atoms with E-state index in [1.807, 2.05) is 12.1 Å². The van der Waals surface area contributed by atoms with Crippen LogP contribution >= 0.6 is 11.6 Å². The molecule has 2 aromatic heterocycles. The van der Waals surface area contributed by atoms with Crippen molar-refractivity contribution in [2.75, 3.05) is 76.3 Å². The number of piperidine rings is 1. The summed E-state index contributed by atoms with van der Waals surface area (Å²) < 4.78 is 20.4. The van der Waals surface area contributed by atoms with Gasteiger partial charge in [0.15, 0.2) is 5.65 Å². The second-order valence-electron chi connectivity index (χ2n) is 9.60. The maximum atomic E-state index is 15.2. The summed E-state index contributed by atoms with van der Waals surface area (Å²) in [5.74, 6) is 0.337. The number of hydrogen-bond acceptors (Lipinski definition) is 7. The van der Waals surface area contributed by atoms with E-state index in [-0.39, 0.29) is 5.82 Å². The first-order valence-corrected chi connectivity index (χ1v) is 13.2. The Balaban J connectivity index is 1.32. The molecule has 2 fully saturated rings. The Bertz CT molecular complexity index is 1170. The predicted molar refractivity (Wildman–Crippen MR) is 144 cm³/mol. The molecule has 0 radical (unpaired) electrons. The number of piperazine rings is 1. The number of ether oxygens (including phenoxy) is 1. The number of H-pyrrole nitrogens is 1. The maximum Gasteiger partial charge on any atom is 0.159 e. The van der Waals surface area contributed by atoms with Crippen molar-refractivity contribution < 1.29 is 9.13 Å². The molecule has 8 nitrogen and oxygen atoms in total. The number of anilines is 2. The minimum atomic E-state index is -0.245. The maximum absolute atomic E-state index is 15.2. The fraction of sp³-hybridized carbons (Fsp3) is 0.538. The second kappa shape index (κ2) is 11.3. The molecule has 0 aliphatic carbocycles. The fourth-order valence-corrected chi connectivity index (χ4v) is 5.34. The molecule has 0 saturated carbocycles. The van der Waals surface area contributed by atoms with Crippen LogP contribution in [0.15, 0.2) is 24.4 Å². The van der Waals surface area contributed by atoms with Gasteiger partial charge >= 0.3 is 0 Å². The van der Waals surface area contributed by atoms with Crippen molar-refractivity contribution in [1.82, 2.24) is 24.8 Å². The highest BCUT2D eigenvalue weighted by molar-refractivity contribution is 6.34. The Morgan fingerprint density at radius 1 is 1.14 bits per heavy atom. The lowest BCUT2D eigenvalue weighted by molar-refractivity contribution is 0.144. The molecular weight excluding hydrogens is 481 g/mol. The Hall–Kier alpha value is -2.46. The average Bonchev–Trinajstić information content (AvgIpc) is 3.35. The van der Waals surface area contributed by atoms with Gasteiger partial charge in [0.1, 0.15) is 17.2 Å². The van der Waals surface area contributed by atoms with Crippen molar-refractivity contribution in [2.24, 2.45) is 0 Å². The third-order valence-electron chi connectivity index (χ3n) is 7.40. The molecule has 5 rings (SSSR count). The van der Waals surface area contributed by atoms with Gasteiger partial charge in [0.2, 0.25) is 0 Å². The van der Waals surface area contributed by atoms with Crippen LogP contribution in [0.5, 0.6) is 0 Å². The highest BCUT2D eigenvalue weighted by Gasteiger charge is 2.23. The summed E-state index contributed by atoms with van der Waals surface area (Å²) in [6.07, 6.45) is 3.75. The summed E-state index contributed by atoms with van der Waals surface area (Å²) in [5, 5.41) is 4.15. The van der Waals surface area contributed by atoms with Gasteiger partial charge in [-0.2, -0.15) is 0 Å². The van der Waals surface area contributed by atoms with Gasteiger partial charge < -0.3 is 24.8 Å². The highest BCUT2D eigenvalue weighted by Crippen LogP contribution is 2.33. The van der Waals surface area contributed by atoms with E-state index < -0.39 is 0 Å². The summed E-state index contributed by atoms with van der Waals surface area (Å²) in [4.78, 5) is 19.4. The van der Waals surface area contributed by atoms with Crippen LogP contribution < -0.4 is 10.2 Å².